The predicted octanol–water partition coefficient (Wildman–Crippen LogP) is 8.82. The highest BCUT2D eigenvalue weighted by Gasteiger charge is 2.33. The van der Waals surface area contributed by atoms with E-state index in [1.165, 1.54) is 18.2 Å². The van der Waals surface area contributed by atoms with Crippen LogP contribution in [0.25, 0.3) is 11.1 Å². The number of amides is 2. The summed E-state index contributed by atoms with van der Waals surface area (Å²) < 4.78 is 46.3. The largest absolute Gasteiger partial charge is 0.489 e. The summed E-state index contributed by atoms with van der Waals surface area (Å²) in [5.74, 6) is -0.970. The molecule has 1 aromatic heterocycles. The van der Waals surface area contributed by atoms with Crippen molar-refractivity contribution in [2.24, 2.45) is 0 Å². The summed E-state index contributed by atoms with van der Waals surface area (Å²) in [7, 11) is 0. The second-order valence-corrected chi connectivity index (χ2v) is 11.7. The Hall–Kier alpha value is -5.60. The molecule has 0 saturated heterocycles. The maximum atomic E-state index is 13.8. The summed E-state index contributed by atoms with van der Waals surface area (Å²) >= 11 is 0.888. The van der Waals surface area contributed by atoms with Gasteiger partial charge in [-0.05, 0) is 60.9 Å². The van der Waals surface area contributed by atoms with E-state index in [1.807, 2.05) is 49.4 Å². The van der Waals surface area contributed by atoms with Crippen molar-refractivity contribution in [1.82, 2.24) is 4.98 Å². The minimum Gasteiger partial charge on any atom is -0.489 e. The average molecular weight is 667 g/mol. The number of ether oxygens (including phenoxy) is 1. The van der Waals surface area contributed by atoms with Crippen LogP contribution < -0.4 is 15.4 Å². The van der Waals surface area contributed by atoms with Crippen LogP contribution in [0.5, 0.6) is 5.75 Å². The van der Waals surface area contributed by atoms with Crippen LogP contribution >= 0.6 is 11.8 Å². The molecule has 48 heavy (non-hydrogen) atoms. The lowest BCUT2D eigenvalue weighted by molar-refractivity contribution is -0.137. The molecule has 0 aliphatic carbocycles. The molecule has 2 amide bonds. The number of thioether (sulfide) groups is 1. The van der Waals surface area contributed by atoms with Gasteiger partial charge in [0.05, 0.1) is 33.8 Å². The zero-order chi connectivity index (χ0) is 34.3. The van der Waals surface area contributed by atoms with Gasteiger partial charge in [0.15, 0.2) is 0 Å². The van der Waals surface area contributed by atoms with Gasteiger partial charge in [-0.25, -0.2) is 4.98 Å². The van der Waals surface area contributed by atoms with Gasteiger partial charge in [-0.2, -0.15) is 18.4 Å². The standard InChI is InChI=1S/C37H29F3N4O3S/c1-23-10-6-8-14-30(23)44-35(46)33-24(2)42-36(48-22-32(45)43-31-15-9-7-13-29(31)37(38,39)40)28(20-41)34(33)26-16-18-27(19-17-26)47-21-25-11-4-3-5-12-25/h3-19H,21-22H2,1-2H3,(H,43,45)(H,44,46). The van der Waals surface area contributed by atoms with Gasteiger partial charge in [-0.1, -0.05) is 84.6 Å². The van der Waals surface area contributed by atoms with E-state index >= 15 is 0 Å². The van der Waals surface area contributed by atoms with Crippen LogP contribution in [-0.2, 0) is 17.6 Å². The van der Waals surface area contributed by atoms with Gasteiger partial charge in [-0.15, -0.1) is 0 Å². The number of carbonyl (C=O) groups excluding carboxylic acids is 2. The number of nitrogens with one attached hydrogen (secondary N) is 2. The molecule has 0 atom stereocenters. The van der Waals surface area contributed by atoms with E-state index in [0.717, 1.165) is 29.0 Å². The Morgan fingerprint density at radius 1 is 0.854 bits per heavy atom. The monoisotopic (exact) mass is 666 g/mol. The summed E-state index contributed by atoms with van der Waals surface area (Å²) in [6.07, 6.45) is -4.66. The summed E-state index contributed by atoms with van der Waals surface area (Å²) in [5, 5.41) is 15.8. The molecule has 0 radical (unpaired) electrons. The van der Waals surface area contributed by atoms with Crippen LogP contribution in [0.4, 0.5) is 24.5 Å². The van der Waals surface area contributed by atoms with Gasteiger partial charge >= 0.3 is 6.18 Å². The number of nitriles is 1. The summed E-state index contributed by atoms with van der Waals surface area (Å²) in [5.41, 5.74) is 2.40. The van der Waals surface area contributed by atoms with E-state index in [9.17, 15) is 28.0 Å². The number of para-hydroxylation sites is 2. The number of anilines is 2. The molecular formula is C37H29F3N4O3S. The second kappa shape index (κ2) is 14.9. The Morgan fingerprint density at radius 2 is 1.50 bits per heavy atom. The van der Waals surface area contributed by atoms with Crippen molar-refractivity contribution in [2.75, 3.05) is 16.4 Å². The number of aromatic nitrogens is 1. The molecule has 242 valence electrons. The number of halogens is 3. The fourth-order valence-corrected chi connectivity index (χ4v) is 5.80. The minimum absolute atomic E-state index is 0.0435. The Kier molecular flexibility index (Phi) is 10.5. The third-order valence-electron chi connectivity index (χ3n) is 7.31. The van der Waals surface area contributed by atoms with Gasteiger partial charge < -0.3 is 15.4 Å². The number of carbonyl (C=O) groups is 2. The van der Waals surface area contributed by atoms with Crippen molar-refractivity contribution in [3.63, 3.8) is 0 Å². The van der Waals surface area contributed by atoms with E-state index in [-0.39, 0.29) is 27.6 Å². The van der Waals surface area contributed by atoms with Gasteiger partial charge in [0.1, 0.15) is 23.5 Å². The quantitative estimate of drug-likeness (QED) is 0.144. The topological polar surface area (TPSA) is 104 Å². The van der Waals surface area contributed by atoms with Crippen molar-refractivity contribution < 1.29 is 27.5 Å². The van der Waals surface area contributed by atoms with Crippen LogP contribution in [0.2, 0.25) is 0 Å². The third-order valence-corrected chi connectivity index (χ3v) is 8.29. The summed E-state index contributed by atoms with van der Waals surface area (Å²) in [4.78, 5) is 31.2. The summed E-state index contributed by atoms with van der Waals surface area (Å²) in [6, 6.07) is 30.7. The zero-order valence-corrected chi connectivity index (χ0v) is 26.7. The molecule has 1 heterocycles. The molecule has 0 aliphatic heterocycles. The Labute approximate surface area is 279 Å². The van der Waals surface area contributed by atoms with E-state index < -0.39 is 23.6 Å². The highest BCUT2D eigenvalue weighted by atomic mass is 32.2. The normalized spacial score (nSPS) is 11.0. The predicted molar refractivity (Wildman–Crippen MR) is 180 cm³/mol. The van der Waals surface area contributed by atoms with E-state index in [2.05, 4.69) is 21.7 Å². The van der Waals surface area contributed by atoms with E-state index in [0.29, 0.717) is 34.9 Å². The molecule has 0 aliphatic rings. The van der Waals surface area contributed by atoms with Gasteiger partial charge in [-0.3, -0.25) is 9.59 Å². The van der Waals surface area contributed by atoms with Crippen molar-refractivity contribution in [2.45, 2.75) is 31.7 Å². The molecular weight excluding hydrogens is 637 g/mol. The number of pyridine rings is 1. The van der Waals surface area contributed by atoms with E-state index in [4.69, 9.17) is 4.74 Å². The molecule has 0 bridgehead atoms. The van der Waals surface area contributed by atoms with Crippen LogP contribution in [0.3, 0.4) is 0 Å². The lowest BCUT2D eigenvalue weighted by Gasteiger charge is -2.18. The number of nitrogens with zero attached hydrogens (tertiary/aromatic N) is 2. The highest BCUT2D eigenvalue weighted by Crippen LogP contribution is 2.37. The van der Waals surface area contributed by atoms with Gasteiger partial charge in [0.2, 0.25) is 5.91 Å². The Balaban J connectivity index is 1.48. The fourth-order valence-electron chi connectivity index (χ4n) is 4.97. The van der Waals surface area contributed by atoms with Crippen LogP contribution in [0, 0.1) is 25.2 Å². The lowest BCUT2D eigenvalue weighted by atomic mass is 9.94. The van der Waals surface area contributed by atoms with E-state index in [1.54, 1.807) is 43.3 Å². The number of hydrogen-bond donors (Lipinski definition) is 2. The minimum atomic E-state index is -4.66. The Morgan fingerprint density at radius 3 is 2.17 bits per heavy atom. The number of alkyl halides is 3. The molecule has 0 saturated carbocycles. The molecule has 2 N–H and O–H groups in total. The zero-order valence-electron chi connectivity index (χ0n) is 25.9. The maximum absolute atomic E-state index is 13.8. The molecule has 7 nitrogen and oxygen atoms in total. The SMILES string of the molecule is Cc1ccccc1NC(=O)c1c(C)nc(SCC(=O)Nc2ccccc2C(F)(F)F)c(C#N)c1-c1ccc(OCc2ccccc2)cc1. The molecule has 11 heteroatoms. The van der Waals surface area contributed by atoms with Crippen LogP contribution in [-0.4, -0.2) is 22.6 Å². The maximum Gasteiger partial charge on any atom is 0.418 e. The van der Waals surface area contributed by atoms with Gasteiger partial charge in [0.25, 0.3) is 5.91 Å². The third kappa shape index (κ3) is 8.03. The Bertz CT molecular complexity index is 1990. The average Bonchev–Trinajstić information content (AvgIpc) is 3.07. The molecule has 0 unspecified atom stereocenters. The smallest absolute Gasteiger partial charge is 0.418 e. The molecule has 5 rings (SSSR count). The molecule has 0 fully saturated rings. The van der Waals surface area contributed by atoms with Gasteiger partial charge in [0, 0.05) is 11.3 Å². The summed E-state index contributed by atoms with van der Waals surface area (Å²) in [6.45, 7) is 3.82. The fraction of sp³-hybridized carbons (Fsp3) is 0.135. The molecule has 5 aromatic rings. The van der Waals surface area contributed by atoms with Crippen molar-refractivity contribution >= 4 is 35.0 Å². The first kappa shape index (κ1) is 33.8. The van der Waals surface area contributed by atoms with Crippen molar-refractivity contribution in [3.8, 4) is 22.9 Å². The van der Waals surface area contributed by atoms with Crippen molar-refractivity contribution in [1.29, 1.82) is 5.26 Å². The number of benzene rings is 4. The highest BCUT2D eigenvalue weighted by molar-refractivity contribution is 8.00. The first-order valence-electron chi connectivity index (χ1n) is 14.7. The van der Waals surface area contributed by atoms with Crippen molar-refractivity contribution in [3.05, 3.63) is 137 Å². The number of aryl methyl sites for hydroxylation is 2. The van der Waals surface area contributed by atoms with Crippen LogP contribution in [0.1, 0.15) is 38.3 Å². The number of rotatable bonds is 10. The number of hydrogen-bond acceptors (Lipinski definition) is 6. The second-order valence-electron chi connectivity index (χ2n) is 10.7. The first-order chi connectivity index (χ1) is 23.0. The van der Waals surface area contributed by atoms with Crippen LogP contribution in [0.15, 0.2) is 108 Å². The molecule has 0 spiro atoms. The first-order valence-corrected chi connectivity index (χ1v) is 15.7. The molecule has 4 aromatic carbocycles. The lowest BCUT2D eigenvalue weighted by Crippen LogP contribution is -2.19.